The number of nitrogens with two attached hydrogens (primary N) is 1. The van der Waals surface area contributed by atoms with Crippen LogP contribution in [0.25, 0.3) is 0 Å². The van der Waals surface area contributed by atoms with Crippen molar-refractivity contribution < 1.29 is 8.42 Å². The second kappa shape index (κ2) is 6.72. The van der Waals surface area contributed by atoms with Crippen LogP contribution in [0.3, 0.4) is 0 Å². The number of nitrogen functional groups attached to an aromatic ring is 1. The molecule has 0 saturated carbocycles. The molecular formula is C13H21BrN2O2S. The molecule has 0 saturated heterocycles. The maximum Gasteiger partial charge on any atom is 0.245 e. The van der Waals surface area contributed by atoms with E-state index in [0.29, 0.717) is 23.5 Å². The average Bonchev–Trinajstić information content (AvgIpc) is 2.37. The molecule has 1 aromatic carbocycles. The molecule has 0 aliphatic carbocycles. The molecule has 0 aliphatic heterocycles. The molecule has 0 amide bonds. The highest BCUT2D eigenvalue weighted by Gasteiger charge is 2.26. The molecule has 6 heteroatoms. The van der Waals surface area contributed by atoms with E-state index < -0.39 is 10.0 Å². The smallest absolute Gasteiger partial charge is 0.245 e. The Morgan fingerprint density at radius 3 is 2.53 bits per heavy atom. The van der Waals surface area contributed by atoms with Crippen LogP contribution in [0.5, 0.6) is 0 Å². The van der Waals surface area contributed by atoms with E-state index in [0.717, 1.165) is 6.42 Å². The van der Waals surface area contributed by atoms with Gasteiger partial charge in [-0.25, -0.2) is 8.42 Å². The van der Waals surface area contributed by atoms with Crippen molar-refractivity contribution in [3.63, 3.8) is 0 Å². The summed E-state index contributed by atoms with van der Waals surface area (Å²) >= 11 is 3.29. The van der Waals surface area contributed by atoms with Gasteiger partial charge in [0.2, 0.25) is 10.0 Å². The van der Waals surface area contributed by atoms with E-state index in [-0.39, 0.29) is 10.6 Å². The molecule has 108 valence electrons. The maximum absolute atomic E-state index is 12.6. The first-order valence-corrected chi connectivity index (χ1v) is 8.61. The quantitative estimate of drug-likeness (QED) is 0.803. The largest absolute Gasteiger partial charge is 0.398 e. The van der Waals surface area contributed by atoms with Crippen molar-refractivity contribution in [1.82, 2.24) is 4.31 Å². The van der Waals surface area contributed by atoms with E-state index in [4.69, 9.17) is 5.73 Å². The fraction of sp³-hybridized carbons (Fsp3) is 0.538. The Morgan fingerprint density at radius 2 is 2.00 bits per heavy atom. The zero-order chi connectivity index (χ0) is 14.6. The van der Waals surface area contributed by atoms with E-state index in [9.17, 15) is 8.42 Å². The fourth-order valence-electron chi connectivity index (χ4n) is 1.74. The molecule has 0 heterocycles. The lowest BCUT2D eigenvalue weighted by Crippen LogP contribution is -2.35. The van der Waals surface area contributed by atoms with Crippen LogP contribution in [0.2, 0.25) is 0 Å². The number of halogens is 1. The molecule has 4 nitrogen and oxygen atoms in total. The van der Waals surface area contributed by atoms with Gasteiger partial charge in [-0.1, -0.05) is 43.1 Å². The van der Waals surface area contributed by atoms with Gasteiger partial charge >= 0.3 is 0 Å². The minimum atomic E-state index is -3.53. The van der Waals surface area contributed by atoms with Gasteiger partial charge in [-0.3, -0.25) is 0 Å². The lowest BCUT2D eigenvalue weighted by molar-refractivity contribution is 0.362. The number of hydrogen-bond donors (Lipinski definition) is 1. The molecule has 0 fully saturated rings. The summed E-state index contributed by atoms with van der Waals surface area (Å²) in [7, 11) is -3.53. The van der Waals surface area contributed by atoms with Crippen molar-refractivity contribution in [3.05, 3.63) is 22.7 Å². The second-order valence-electron chi connectivity index (χ2n) is 4.65. The summed E-state index contributed by atoms with van der Waals surface area (Å²) in [5, 5.41) is 0. The molecule has 1 unspecified atom stereocenters. The predicted molar refractivity (Wildman–Crippen MR) is 82.4 cm³/mol. The Balaban J connectivity index is 3.17. The minimum absolute atomic E-state index is 0.173. The Morgan fingerprint density at radius 1 is 1.37 bits per heavy atom. The van der Waals surface area contributed by atoms with Crippen molar-refractivity contribution in [2.75, 3.05) is 18.8 Å². The highest BCUT2D eigenvalue weighted by molar-refractivity contribution is 9.10. The Bertz CT molecular complexity index is 531. The zero-order valence-electron chi connectivity index (χ0n) is 11.6. The van der Waals surface area contributed by atoms with E-state index in [1.807, 2.05) is 13.8 Å². The first-order chi connectivity index (χ1) is 8.82. The van der Waals surface area contributed by atoms with Gasteiger partial charge in [0.15, 0.2) is 0 Å². The summed E-state index contributed by atoms with van der Waals surface area (Å²) in [6.07, 6.45) is 0.944. The third-order valence-corrected chi connectivity index (χ3v) is 5.65. The first kappa shape index (κ1) is 16.5. The number of hydrogen-bond acceptors (Lipinski definition) is 3. The maximum atomic E-state index is 12.6. The van der Waals surface area contributed by atoms with Crippen LogP contribution in [-0.2, 0) is 10.0 Å². The molecular weight excluding hydrogens is 328 g/mol. The summed E-state index contributed by atoms with van der Waals surface area (Å²) in [6, 6.07) is 4.90. The second-order valence-corrected chi connectivity index (χ2v) is 7.47. The summed E-state index contributed by atoms with van der Waals surface area (Å²) < 4.78 is 27.4. The molecule has 19 heavy (non-hydrogen) atoms. The van der Waals surface area contributed by atoms with Gasteiger partial charge in [0.05, 0.1) is 5.69 Å². The number of benzene rings is 1. The first-order valence-electron chi connectivity index (χ1n) is 6.38. The van der Waals surface area contributed by atoms with E-state index in [2.05, 4.69) is 22.9 Å². The standard InChI is InChI=1S/C13H21BrN2O2S/c1-4-10(3)9-16(5-2)19(17,18)13-8-11(14)6-7-12(13)15/h6-8,10H,4-5,9,15H2,1-3H3. The number of sulfonamides is 1. The van der Waals surface area contributed by atoms with Crippen LogP contribution < -0.4 is 5.73 Å². The fourth-order valence-corrected chi connectivity index (χ4v) is 3.97. The van der Waals surface area contributed by atoms with Crippen LogP contribution in [0.15, 0.2) is 27.6 Å². The molecule has 0 aromatic heterocycles. The highest BCUT2D eigenvalue weighted by atomic mass is 79.9. The van der Waals surface area contributed by atoms with Crippen molar-refractivity contribution in [3.8, 4) is 0 Å². The SMILES string of the molecule is CCC(C)CN(CC)S(=O)(=O)c1cc(Br)ccc1N. The third-order valence-electron chi connectivity index (χ3n) is 3.16. The average molecular weight is 349 g/mol. The molecule has 2 N–H and O–H groups in total. The lowest BCUT2D eigenvalue weighted by Gasteiger charge is -2.24. The Kier molecular flexibility index (Phi) is 5.82. The molecule has 0 radical (unpaired) electrons. The van der Waals surface area contributed by atoms with Gasteiger partial charge in [-0.05, 0) is 24.1 Å². The summed E-state index contributed by atoms with van der Waals surface area (Å²) in [5.74, 6) is 0.322. The van der Waals surface area contributed by atoms with Crippen LogP contribution >= 0.6 is 15.9 Å². The van der Waals surface area contributed by atoms with Crippen molar-refractivity contribution in [2.24, 2.45) is 5.92 Å². The zero-order valence-corrected chi connectivity index (χ0v) is 14.0. The number of rotatable bonds is 6. The monoisotopic (exact) mass is 348 g/mol. The molecule has 0 bridgehead atoms. The predicted octanol–water partition coefficient (Wildman–Crippen LogP) is 3.09. The van der Waals surface area contributed by atoms with Crippen LogP contribution in [0, 0.1) is 5.92 Å². The third kappa shape index (κ3) is 3.94. The minimum Gasteiger partial charge on any atom is -0.398 e. The van der Waals surface area contributed by atoms with E-state index in [1.165, 1.54) is 4.31 Å². The van der Waals surface area contributed by atoms with Crippen molar-refractivity contribution >= 4 is 31.6 Å². The van der Waals surface area contributed by atoms with E-state index in [1.54, 1.807) is 18.2 Å². The molecule has 0 spiro atoms. The van der Waals surface area contributed by atoms with Crippen LogP contribution in [0.1, 0.15) is 27.2 Å². The van der Waals surface area contributed by atoms with Gasteiger partial charge in [0.25, 0.3) is 0 Å². The summed E-state index contributed by atoms with van der Waals surface area (Å²) in [6.45, 7) is 6.90. The van der Waals surface area contributed by atoms with Crippen LogP contribution in [-0.4, -0.2) is 25.8 Å². The number of nitrogens with zero attached hydrogens (tertiary/aromatic N) is 1. The topological polar surface area (TPSA) is 63.4 Å². The van der Waals surface area contributed by atoms with E-state index >= 15 is 0 Å². The number of anilines is 1. The van der Waals surface area contributed by atoms with Crippen molar-refractivity contribution in [2.45, 2.75) is 32.1 Å². The molecule has 1 aromatic rings. The lowest BCUT2D eigenvalue weighted by atomic mass is 10.1. The Hall–Kier alpha value is -0.590. The van der Waals surface area contributed by atoms with Gasteiger partial charge in [-0.15, -0.1) is 0 Å². The molecule has 1 rings (SSSR count). The summed E-state index contributed by atoms with van der Waals surface area (Å²) in [5.41, 5.74) is 6.09. The van der Waals surface area contributed by atoms with Crippen LogP contribution in [0.4, 0.5) is 5.69 Å². The highest BCUT2D eigenvalue weighted by Crippen LogP contribution is 2.26. The molecule has 0 aliphatic rings. The van der Waals surface area contributed by atoms with Gasteiger partial charge in [-0.2, -0.15) is 4.31 Å². The van der Waals surface area contributed by atoms with Crippen molar-refractivity contribution in [1.29, 1.82) is 0 Å². The van der Waals surface area contributed by atoms with Gasteiger partial charge < -0.3 is 5.73 Å². The van der Waals surface area contributed by atoms with Gasteiger partial charge in [0.1, 0.15) is 4.90 Å². The molecule has 1 atom stereocenters. The normalized spacial score (nSPS) is 13.7. The van der Waals surface area contributed by atoms with Gasteiger partial charge in [0, 0.05) is 17.6 Å². The summed E-state index contributed by atoms with van der Waals surface area (Å²) in [4.78, 5) is 0.173. The Labute approximate surface area is 124 Å².